The zero-order chi connectivity index (χ0) is 15.5. The molecule has 0 atom stereocenters. The lowest BCUT2D eigenvalue weighted by Gasteiger charge is -2.24. The van der Waals surface area contributed by atoms with Gasteiger partial charge in [0.15, 0.2) is 0 Å². The first-order chi connectivity index (χ1) is 9.96. The Morgan fingerprint density at radius 3 is 2.29 bits per heavy atom. The average molecular weight is 319 g/mol. The molecule has 0 radical (unpaired) electrons. The minimum Gasteiger partial charge on any atom is -0.396 e. The molecule has 0 spiro atoms. The predicted octanol–water partition coefficient (Wildman–Crippen LogP) is 2.42. The number of aliphatic hydroxyl groups excluding tert-OH is 1. The second-order valence-corrected chi connectivity index (χ2v) is 7.07. The molecule has 0 aliphatic heterocycles. The highest BCUT2D eigenvalue weighted by atomic mass is 32.2. The topological polar surface area (TPSA) is 57.6 Å². The summed E-state index contributed by atoms with van der Waals surface area (Å²) in [5, 5.41) is 8.83. The van der Waals surface area contributed by atoms with Crippen LogP contribution in [0.25, 0.3) is 0 Å². The number of rotatable bonds is 8. The van der Waals surface area contributed by atoms with E-state index in [1.54, 1.807) is 12.1 Å². The molecule has 1 aliphatic rings. The predicted molar refractivity (Wildman–Crippen MR) is 76.3 cm³/mol. The zero-order valence-corrected chi connectivity index (χ0v) is 12.4. The second-order valence-electron chi connectivity index (χ2n) is 5.15. The van der Waals surface area contributed by atoms with Gasteiger partial charge in [-0.3, -0.25) is 0 Å². The molecule has 0 heterocycles. The van der Waals surface area contributed by atoms with E-state index >= 15 is 0 Å². The number of nitrogens with zero attached hydrogens (tertiary/aromatic N) is 1. The lowest BCUT2D eigenvalue weighted by molar-refractivity contribution is 0.234. The lowest BCUT2D eigenvalue weighted by Crippen LogP contribution is -2.27. The minimum absolute atomic E-state index is 0.143. The number of hydrogen-bond acceptors (Lipinski definition) is 4. The van der Waals surface area contributed by atoms with Crippen molar-refractivity contribution >= 4 is 15.5 Å². The van der Waals surface area contributed by atoms with Crippen molar-refractivity contribution in [3.05, 3.63) is 24.3 Å². The number of halogens is 2. The molecule has 0 bridgehead atoms. The van der Waals surface area contributed by atoms with Crippen molar-refractivity contribution in [1.29, 1.82) is 0 Å². The van der Waals surface area contributed by atoms with E-state index in [0.717, 1.165) is 31.5 Å². The smallest absolute Gasteiger partial charge is 0.341 e. The molecule has 1 aliphatic carbocycles. The number of benzene rings is 1. The molecule has 0 amide bonds. The number of aliphatic hydroxyl groups is 1. The fourth-order valence-electron chi connectivity index (χ4n) is 2.23. The van der Waals surface area contributed by atoms with E-state index < -0.39 is 15.6 Å². The molecule has 4 nitrogen and oxygen atoms in total. The average Bonchev–Trinajstić information content (AvgIpc) is 3.28. The maximum atomic E-state index is 12.5. The Morgan fingerprint density at radius 1 is 1.19 bits per heavy atom. The number of hydrogen-bond donors (Lipinski definition) is 1. The fourth-order valence-corrected chi connectivity index (χ4v) is 2.95. The molecule has 1 saturated carbocycles. The first kappa shape index (κ1) is 16.2. The third kappa shape index (κ3) is 3.91. The summed E-state index contributed by atoms with van der Waals surface area (Å²) < 4.78 is 47.7. The van der Waals surface area contributed by atoms with Gasteiger partial charge in [0.2, 0.25) is 9.84 Å². The molecule has 21 heavy (non-hydrogen) atoms. The van der Waals surface area contributed by atoms with Gasteiger partial charge in [0.1, 0.15) is 0 Å². The molecule has 0 saturated heterocycles. The van der Waals surface area contributed by atoms with Crippen LogP contribution in [0.1, 0.15) is 25.7 Å². The van der Waals surface area contributed by atoms with E-state index in [1.165, 1.54) is 12.1 Å². The Hall–Kier alpha value is -1.21. The normalized spacial score (nSPS) is 15.4. The number of unbranched alkanes of at least 4 members (excludes halogenated alkanes) is 1. The summed E-state index contributed by atoms with van der Waals surface area (Å²) in [4.78, 5) is 1.79. The summed E-state index contributed by atoms with van der Waals surface area (Å²) >= 11 is 0. The molecule has 7 heteroatoms. The van der Waals surface area contributed by atoms with Crippen molar-refractivity contribution in [3.8, 4) is 0 Å². The molecule has 0 aromatic heterocycles. The van der Waals surface area contributed by atoms with Gasteiger partial charge < -0.3 is 10.0 Å². The Morgan fingerprint density at radius 2 is 1.81 bits per heavy atom. The van der Waals surface area contributed by atoms with E-state index in [-0.39, 0.29) is 11.5 Å². The molecular weight excluding hydrogens is 300 g/mol. The zero-order valence-electron chi connectivity index (χ0n) is 11.6. The Kier molecular flexibility index (Phi) is 5.16. The standard InChI is InChI=1S/C14H19F2NO3S/c15-14(16)21(19,20)13-7-5-12(6-8-13)17(11-3-4-11)9-1-2-10-18/h5-8,11,14,18H,1-4,9-10H2. The van der Waals surface area contributed by atoms with Crippen molar-refractivity contribution in [2.75, 3.05) is 18.1 Å². The summed E-state index contributed by atoms with van der Waals surface area (Å²) in [6, 6.07) is 6.05. The van der Waals surface area contributed by atoms with Crippen molar-refractivity contribution in [2.45, 2.75) is 42.4 Å². The maximum Gasteiger partial charge on any atom is 0.341 e. The number of alkyl halides is 2. The number of anilines is 1. The summed E-state index contributed by atoms with van der Waals surface area (Å²) in [6.07, 6.45) is 3.71. The molecule has 1 fully saturated rings. The van der Waals surface area contributed by atoms with Crippen LogP contribution >= 0.6 is 0 Å². The van der Waals surface area contributed by atoms with Crippen molar-refractivity contribution in [2.24, 2.45) is 0 Å². The van der Waals surface area contributed by atoms with Crippen LogP contribution in [-0.2, 0) is 9.84 Å². The van der Waals surface area contributed by atoms with Gasteiger partial charge in [0.05, 0.1) is 4.90 Å². The van der Waals surface area contributed by atoms with E-state index in [9.17, 15) is 17.2 Å². The third-order valence-corrected chi connectivity index (χ3v) is 4.92. The van der Waals surface area contributed by atoms with Gasteiger partial charge in [-0.25, -0.2) is 8.42 Å². The highest BCUT2D eigenvalue weighted by Gasteiger charge is 2.30. The Bertz CT molecular complexity index is 556. The van der Waals surface area contributed by atoms with Gasteiger partial charge in [-0.15, -0.1) is 0 Å². The van der Waals surface area contributed by atoms with Crippen molar-refractivity contribution in [3.63, 3.8) is 0 Å². The second kappa shape index (κ2) is 6.70. The molecule has 1 aromatic carbocycles. The lowest BCUT2D eigenvalue weighted by atomic mass is 10.2. The molecule has 0 unspecified atom stereocenters. The van der Waals surface area contributed by atoms with Crippen LogP contribution in [0.2, 0.25) is 0 Å². The van der Waals surface area contributed by atoms with Crippen LogP contribution in [0.3, 0.4) is 0 Å². The molecule has 1 aromatic rings. The van der Waals surface area contributed by atoms with Crippen LogP contribution < -0.4 is 4.90 Å². The largest absolute Gasteiger partial charge is 0.396 e. The fraction of sp³-hybridized carbons (Fsp3) is 0.571. The van der Waals surface area contributed by atoms with Gasteiger partial charge in [-0.1, -0.05) is 0 Å². The molecule has 2 rings (SSSR count). The van der Waals surface area contributed by atoms with Crippen LogP contribution in [0.15, 0.2) is 29.2 Å². The Labute approximate surface area is 123 Å². The third-order valence-electron chi connectivity index (χ3n) is 3.53. The van der Waals surface area contributed by atoms with Gasteiger partial charge in [0, 0.05) is 24.9 Å². The Balaban J connectivity index is 2.12. The molecule has 1 N–H and O–H groups in total. The van der Waals surface area contributed by atoms with E-state index in [4.69, 9.17) is 5.11 Å². The maximum absolute atomic E-state index is 12.5. The van der Waals surface area contributed by atoms with Crippen LogP contribution in [0, 0.1) is 0 Å². The highest BCUT2D eigenvalue weighted by Crippen LogP contribution is 2.32. The van der Waals surface area contributed by atoms with Crippen LogP contribution in [0.4, 0.5) is 14.5 Å². The number of sulfone groups is 1. The monoisotopic (exact) mass is 319 g/mol. The van der Waals surface area contributed by atoms with E-state index in [1.807, 2.05) is 0 Å². The van der Waals surface area contributed by atoms with Gasteiger partial charge in [-0.05, 0) is 49.9 Å². The summed E-state index contributed by atoms with van der Waals surface area (Å²) in [5.74, 6) is -3.40. The quantitative estimate of drug-likeness (QED) is 0.748. The first-order valence-corrected chi connectivity index (χ1v) is 8.51. The highest BCUT2D eigenvalue weighted by molar-refractivity contribution is 7.91. The van der Waals surface area contributed by atoms with Crippen molar-refractivity contribution < 1.29 is 22.3 Å². The van der Waals surface area contributed by atoms with Crippen molar-refractivity contribution in [1.82, 2.24) is 0 Å². The molecule has 118 valence electrons. The van der Waals surface area contributed by atoms with Crippen LogP contribution in [0.5, 0.6) is 0 Å². The van der Waals surface area contributed by atoms with Gasteiger partial charge in [-0.2, -0.15) is 8.78 Å². The molecular formula is C14H19F2NO3S. The summed E-state index contributed by atoms with van der Waals surface area (Å²) in [6.45, 7) is 0.913. The van der Waals surface area contributed by atoms with E-state index in [0.29, 0.717) is 12.5 Å². The van der Waals surface area contributed by atoms with E-state index in [2.05, 4.69) is 4.90 Å². The van der Waals surface area contributed by atoms with Crippen LogP contribution in [-0.4, -0.2) is 38.5 Å². The first-order valence-electron chi connectivity index (χ1n) is 6.96. The summed E-state index contributed by atoms with van der Waals surface area (Å²) in [7, 11) is -4.53. The van der Waals surface area contributed by atoms with Gasteiger partial charge in [0.25, 0.3) is 0 Å². The minimum atomic E-state index is -4.53. The SMILES string of the molecule is O=S(=O)(c1ccc(N(CCCCO)C2CC2)cc1)C(F)F. The summed E-state index contributed by atoms with van der Waals surface area (Å²) in [5.41, 5.74) is 0.837. The van der Waals surface area contributed by atoms with Gasteiger partial charge >= 0.3 is 5.76 Å².